The molecule has 11 aromatic carbocycles. The normalized spacial score (nSPS) is 14.5. The molecular formula is C63H39NO. The largest absolute Gasteiger partial charge is 0.456 e. The van der Waals surface area contributed by atoms with Crippen LogP contribution in [0, 0.1) is 0 Å². The topological polar surface area (TPSA) is 16.4 Å². The lowest BCUT2D eigenvalue weighted by Gasteiger charge is -2.37. The molecule has 14 rings (SSSR count). The Labute approximate surface area is 376 Å². The van der Waals surface area contributed by atoms with Crippen LogP contribution in [0.25, 0.3) is 88.0 Å². The second-order valence-electron chi connectivity index (χ2n) is 17.5. The summed E-state index contributed by atoms with van der Waals surface area (Å²) in [5, 5.41) is 7.36. The molecule has 1 aromatic heterocycles. The van der Waals surface area contributed by atoms with Gasteiger partial charge in [-0.2, -0.15) is 0 Å². The van der Waals surface area contributed by atoms with E-state index in [2.05, 4.69) is 235 Å². The number of benzene rings is 11. The molecule has 2 aliphatic carbocycles. The summed E-state index contributed by atoms with van der Waals surface area (Å²) < 4.78 is 6.55. The highest BCUT2D eigenvalue weighted by atomic mass is 16.3. The predicted molar refractivity (Wildman–Crippen MR) is 271 cm³/mol. The lowest BCUT2D eigenvalue weighted by molar-refractivity contribution is 0.669. The number of nitrogens with zero attached hydrogens (tertiary/aromatic N) is 1. The monoisotopic (exact) mass is 825 g/mol. The SMILES string of the molecule is c1ccc(-c2ccc(N(c3ccc4c(c3)-c3ccccc3-c3ccccc3C43c4ccccc4-c4c3c3ccccc3c3ccccc43)c3ccc4c(c3)oc3ccccc34)cc2)cc1. The van der Waals surface area contributed by atoms with Gasteiger partial charge in [0.05, 0.1) is 5.41 Å². The molecular weight excluding hydrogens is 787 g/mol. The maximum atomic E-state index is 6.55. The number of furan rings is 1. The highest BCUT2D eigenvalue weighted by molar-refractivity contribution is 6.20. The average Bonchev–Trinajstić information content (AvgIpc) is 3.88. The molecule has 65 heavy (non-hydrogen) atoms. The highest BCUT2D eigenvalue weighted by Crippen LogP contribution is 2.64. The minimum absolute atomic E-state index is 0.644. The van der Waals surface area contributed by atoms with Crippen LogP contribution in [-0.2, 0) is 5.41 Å². The van der Waals surface area contributed by atoms with Gasteiger partial charge in [0.1, 0.15) is 11.2 Å². The van der Waals surface area contributed by atoms with Gasteiger partial charge in [-0.3, -0.25) is 0 Å². The molecule has 1 heterocycles. The standard InChI is InChI=1S/C63H39NO/c1-2-16-40(17-3-1)41-30-32-42(33-31-41)64(44-34-36-51-50-23-12-15-29-59(50)65-60(51)39-44)43-35-37-58-55(38-43)48-21-5-4-18-45(48)49-22-10-13-27-56(49)63(58)57-28-14-11-26-54(57)61-52-24-8-6-19-46(52)47-20-7-9-25-53(47)62(61)63/h1-39H. The summed E-state index contributed by atoms with van der Waals surface area (Å²) in [5.41, 5.74) is 19.4. The van der Waals surface area contributed by atoms with Crippen LogP contribution in [0.15, 0.2) is 241 Å². The van der Waals surface area contributed by atoms with Gasteiger partial charge in [0, 0.05) is 33.9 Å². The Morgan fingerprint density at radius 3 is 1.55 bits per heavy atom. The minimum atomic E-state index is -0.644. The van der Waals surface area contributed by atoms with Gasteiger partial charge in [0.15, 0.2) is 0 Å². The van der Waals surface area contributed by atoms with Crippen molar-refractivity contribution >= 4 is 60.5 Å². The van der Waals surface area contributed by atoms with Crippen molar-refractivity contribution in [1.82, 2.24) is 0 Å². The van der Waals surface area contributed by atoms with Crippen molar-refractivity contribution in [1.29, 1.82) is 0 Å². The van der Waals surface area contributed by atoms with E-state index in [0.717, 1.165) is 39.0 Å². The molecule has 1 atom stereocenters. The van der Waals surface area contributed by atoms with E-state index in [1.807, 2.05) is 6.07 Å². The van der Waals surface area contributed by atoms with Crippen molar-refractivity contribution in [3.05, 3.63) is 259 Å². The van der Waals surface area contributed by atoms with Gasteiger partial charge in [-0.1, -0.05) is 188 Å². The molecule has 0 N–H and O–H groups in total. The van der Waals surface area contributed by atoms with Crippen LogP contribution in [0.5, 0.6) is 0 Å². The molecule has 0 aliphatic heterocycles. The van der Waals surface area contributed by atoms with Crippen LogP contribution < -0.4 is 4.90 Å². The third-order valence-corrected chi connectivity index (χ3v) is 14.3. The highest BCUT2D eigenvalue weighted by Gasteiger charge is 2.51. The van der Waals surface area contributed by atoms with Crippen molar-refractivity contribution in [2.75, 3.05) is 4.90 Å². The number of para-hydroxylation sites is 1. The zero-order chi connectivity index (χ0) is 42.6. The van der Waals surface area contributed by atoms with Gasteiger partial charge in [0.25, 0.3) is 0 Å². The van der Waals surface area contributed by atoms with E-state index in [4.69, 9.17) is 4.42 Å². The molecule has 2 nitrogen and oxygen atoms in total. The van der Waals surface area contributed by atoms with E-state index in [9.17, 15) is 0 Å². The fourth-order valence-corrected chi connectivity index (χ4v) is 11.6. The molecule has 0 fully saturated rings. The summed E-state index contributed by atoms with van der Waals surface area (Å²) >= 11 is 0. The van der Waals surface area contributed by atoms with Crippen LogP contribution in [0.1, 0.15) is 22.3 Å². The van der Waals surface area contributed by atoms with Crippen LogP contribution in [0.2, 0.25) is 0 Å². The van der Waals surface area contributed by atoms with Crippen molar-refractivity contribution < 1.29 is 4.42 Å². The molecule has 0 radical (unpaired) electrons. The second kappa shape index (κ2) is 13.8. The summed E-state index contributed by atoms with van der Waals surface area (Å²) in [6.45, 7) is 0. The molecule has 0 amide bonds. The summed E-state index contributed by atoms with van der Waals surface area (Å²) in [7, 11) is 0. The zero-order valence-corrected chi connectivity index (χ0v) is 35.4. The van der Waals surface area contributed by atoms with Crippen molar-refractivity contribution in [3.63, 3.8) is 0 Å². The molecule has 0 saturated carbocycles. The van der Waals surface area contributed by atoms with Crippen LogP contribution in [0.3, 0.4) is 0 Å². The molecule has 2 aliphatic rings. The van der Waals surface area contributed by atoms with Crippen molar-refractivity contribution in [3.8, 4) is 44.5 Å². The van der Waals surface area contributed by atoms with Crippen molar-refractivity contribution in [2.24, 2.45) is 0 Å². The molecule has 1 spiro atoms. The number of hydrogen-bond acceptors (Lipinski definition) is 2. The third kappa shape index (κ3) is 5.05. The molecule has 0 saturated heterocycles. The van der Waals surface area contributed by atoms with Gasteiger partial charge in [0.2, 0.25) is 0 Å². The Kier molecular flexibility index (Phi) is 7.64. The molecule has 12 aromatic rings. The maximum absolute atomic E-state index is 6.55. The number of hydrogen-bond donors (Lipinski definition) is 0. The van der Waals surface area contributed by atoms with E-state index in [1.54, 1.807) is 0 Å². The van der Waals surface area contributed by atoms with Gasteiger partial charge in [-0.05, 0) is 131 Å². The predicted octanol–water partition coefficient (Wildman–Crippen LogP) is 17.0. The quantitative estimate of drug-likeness (QED) is 0.164. The molecule has 2 heteroatoms. The lowest BCUT2D eigenvalue weighted by Crippen LogP contribution is -2.29. The zero-order valence-electron chi connectivity index (χ0n) is 35.4. The van der Waals surface area contributed by atoms with Gasteiger partial charge in [-0.25, -0.2) is 0 Å². The summed E-state index contributed by atoms with van der Waals surface area (Å²) in [6, 6.07) is 87.4. The van der Waals surface area contributed by atoms with Gasteiger partial charge >= 0.3 is 0 Å². The molecule has 302 valence electrons. The van der Waals surface area contributed by atoms with E-state index in [0.29, 0.717) is 0 Å². The van der Waals surface area contributed by atoms with Crippen molar-refractivity contribution in [2.45, 2.75) is 5.41 Å². The van der Waals surface area contributed by atoms with Gasteiger partial charge < -0.3 is 9.32 Å². The first kappa shape index (κ1) is 36.1. The number of rotatable bonds is 4. The Hall–Kier alpha value is -8.46. The van der Waals surface area contributed by atoms with Crippen LogP contribution in [-0.4, -0.2) is 0 Å². The maximum Gasteiger partial charge on any atom is 0.137 e. The second-order valence-corrected chi connectivity index (χ2v) is 17.5. The smallest absolute Gasteiger partial charge is 0.137 e. The first-order chi connectivity index (χ1) is 32.3. The summed E-state index contributed by atoms with van der Waals surface area (Å²) in [6.07, 6.45) is 0. The third-order valence-electron chi connectivity index (χ3n) is 14.3. The lowest BCUT2D eigenvalue weighted by atomic mass is 9.64. The van der Waals surface area contributed by atoms with Crippen LogP contribution >= 0.6 is 0 Å². The number of fused-ring (bicyclic) bond motifs is 20. The molecule has 1 unspecified atom stereocenters. The minimum Gasteiger partial charge on any atom is -0.456 e. The molecule has 0 bridgehead atoms. The summed E-state index contributed by atoms with van der Waals surface area (Å²) in [5.74, 6) is 0. The summed E-state index contributed by atoms with van der Waals surface area (Å²) in [4.78, 5) is 2.40. The first-order valence-corrected chi connectivity index (χ1v) is 22.5. The van der Waals surface area contributed by atoms with Gasteiger partial charge in [-0.15, -0.1) is 0 Å². The average molecular weight is 826 g/mol. The van der Waals surface area contributed by atoms with E-state index < -0.39 is 5.41 Å². The van der Waals surface area contributed by atoms with E-state index in [1.165, 1.54) is 88.3 Å². The fourth-order valence-electron chi connectivity index (χ4n) is 11.6. The van der Waals surface area contributed by atoms with E-state index >= 15 is 0 Å². The van der Waals surface area contributed by atoms with E-state index in [-0.39, 0.29) is 0 Å². The first-order valence-electron chi connectivity index (χ1n) is 22.5. The Morgan fingerprint density at radius 2 is 0.785 bits per heavy atom. The number of anilines is 3. The van der Waals surface area contributed by atoms with Crippen LogP contribution in [0.4, 0.5) is 17.1 Å². The fraction of sp³-hybridized carbons (Fsp3) is 0.0159. The Balaban J connectivity index is 1.09. The Bertz CT molecular complexity index is 3900. The Morgan fingerprint density at radius 1 is 0.292 bits per heavy atom.